The second-order valence-corrected chi connectivity index (χ2v) is 15.8. The lowest BCUT2D eigenvalue weighted by Gasteiger charge is -2.40. The largest absolute Gasteiger partial charge is 0.394 e. The van der Waals surface area contributed by atoms with Crippen LogP contribution in [0.2, 0.25) is 0 Å². The third-order valence-corrected chi connectivity index (χ3v) is 10.9. The van der Waals surface area contributed by atoms with Gasteiger partial charge in [-0.1, -0.05) is 174 Å². The number of aliphatic hydroxyl groups is 5. The van der Waals surface area contributed by atoms with Crippen LogP contribution in [0.25, 0.3) is 0 Å². The van der Waals surface area contributed by atoms with E-state index in [-0.39, 0.29) is 12.5 Å². The molecule has 0 spiro atoms. The molecule has 2 unspecified atom stereocenters. The number of rotatable bonds is 37. The van der Waals surface area contributed by atoms with Gasteiger partial charge in [0.2, 0.25) is 5.91 Å². The van der Waals surface area contributed by atoms with E-state index in [4.69, 9.17) is 9.47 Å². The first-order chi connectivity index (χ1) is 25.8. The lowest BCUT2D eigenvalue weighted by atomic mass is 9.99. The van der Waals surface area contributed by atoms with Crippen molar-refractivity contribution in [1.82, 2.24) is 5.32 Å². The van der Waals surface area contributed by atoms with Crippen molar-refractivity contribution in [3.05, 3.63) is 12.2 Å². The van der Waals surface area contributed by atoms with E-state index < -0.39 is 49.5 Å². The summed E-state index contributed by atoms with van der Waals surface area (Å²) < 4.78 is 11.2. The van der Waals surface area contributed by atoms with Crippen LogP contribution < -0.4 is 5.32 Å². The maximum atomic E-state index is 12.9. The number of hydrogen-bond acceptors (Lipinski definition) is 8. The molecule has 1 heterocycles. The Bertz CT molecular complexity index is 842. The number of aliphatic hydroxyl groups excluding tert-OH is 5. The summed E-state index contributed by atoms with van der Waals surface area (Å²) in [5.41, 5.74) is 0. The van der Waals surface area contributed by atoms with Gasteiger partial charge in [0.15, 0.2) is 6.29 Å². The van der Waals surface area contributed by atoms with Gasteiger partial charge in [-0.3, -0.25) is 4.79 Å². The van der Waals surface area contributed by atoms with E-state index in [0.717, 1.165) is 38.5 Å². The van der Waals surface area contributed by atoms with Crippen molar-refractivity contribution in [2.45, 2.75) is 249 Å². The monoisotopic (exact) mass is 756 g/mol. The zero-order chi connectivity index (χ0) is 38.8. The second kappa shape index (κ2) is 35.4. The minimum atomic E-state index is -1.55. The maximum Gasteiger partial charge on any atom is 0.220 e. The van der Waals surface area contributed by atoms with E-state index in [1.807, 2.05) is 0 Å². The molecule has 1 rings (SSSR count). The molecule has 0 aromatic rings. The highest BCUT2D eigenvalue weighted by molar-refractivity contribution is 5.76. The summed E-state index contributed by atoms with van der Waals surface area (Å²) in [7, 11) is 0. The lowest BCUT2D eigenvalue weighted by Crippen LogP contribution is -2.60. The van der Waals surface area contributed by atoms with E-state index in [1.54, 1.807) is 0 Å². The van der Waals surface area contributed by atoms with Crippen molar-refractivity contribution in [3.63, 3.8) is 0 Å². The second-order valence-electron chi connectivity index (χ2n) is 15.8. The van der Waals surface area contributed by atoms with Crippen LogP contribution >= 0.6 is 0 Å². The molecule has 0 saturated carbocycles. The normalized spacial score (nSPS) is 21.7. The lowest BCUT2D eigenvalue weighted by molar-refractivity contribution is -0.302. The highest BCUT2D eigenvalue weighted by Crippen LogP contribution is 2.23. The number of unbranched alkanes of at least 4 members (excludes halogenated alkanes) is 25. The Labute approximate surface area is 325 Å². The average Bonchev–Trinajstić information content (AvgIpc) is 3.16. The van der Waals surface area contributed by atoms with E-state index in [9.17, 15) is 30.3 Å². The standard InChI is InChI=1S/C44H85NO8/c1-3-5-7-9-11-13-15-17-18-19-20-22-24-26-28-30-32-34-40(48)45-37(36-52-44-43(51)42(50)41(49)39(35-46)53-44)38(47)33-31-29-27-25-23-21-16-14-12-10-8-6-4-2/h17-18,37-39,41-44,46-47,49-51H,3-16,19-36H2,1-2H3,(H,45,48)/b18-17+/t37-,38+,39-,41-,42?,43?,44-/m0/s1. The molecule has 1 fully saturated rings. The smallest absolute Gasteiger partial charge is 0.220 e. The summed E-state index contributed by atoms with van der Waals surface area (Å²) in [6.45, 7) is 3.82. The van der Waals surface area contributed by atoms with Gasteiger partial charge in [-0.15, -0.1) is 0 Å². The van der Waals surface area contributed by atoms with Crippen LogP contribution in [0, 0.1) is 0 Å². The number of amides is 1. The van der Waals surface area contributed by atoms with Gasteiger partial charge >= 0.3 is 0 Å². The Kier molecular flexibility index (Phi) is 33.3. The van der Waals surface area contributed by atoms with Crippen molar-refractivity contribution in [2.75, 3.05) is 13.2 Å². The Morgan fingerprint density at radius 1 is 0.623 bits per heavy atom. The predicted molar refractivity (Wildman–Crippen MR) is 217 cm³/mol. The SMILES string of the molecule is CCCCCCCC/C=C/CCCCCCCCCC(=O)N[C@@H](CO[C@H]1O[C@@H](CO)[C@H](O)C(O)C1O)[C@H](O)CCCCCCCCCCCCCCC. The van der Waals surface area contributed by atoms with E-state index in [2.05, 4.69) is 31.3 Å². The maximum absolute atomic E-state index is 12.9. The molecular formula is C44H85NO8. The van der Waals surface area contributed by atoms with Crippen LogP contribution in [-0.2, 0) is 14.3 Å². The summed E-state index contributed by atoms with van der Waals surface area (Å²) in [5, 5.41) is 54.3. The summed E-state index contributed by atoms with van der Waals surface area (Å²) in [5.74, 6) is -0.149. The molecule has 53 heavy (non-hydrogen) atoms. The molecule has 9 heteroatoms. The molecule has 0 bridgehead atoms. The Balaban J connectivity index is 2.34. The van der Waals surface area contributed by atoms with E-state index >= 15 is 0 Å². The van der Waals surface area contributed by atoms with E-state index in [1.165, 1.54) is 141 Å². The predicted octanol–water partition coefficient (Wildman–Crippen LogP) is 8.95. The van der Waals surface area contributed by atoms with Gasteiger partial charge < -0.3 is 40.3 Å². The van der Waals surface area contributed by atoms with Gasteiger partial charge in [-0.2, -0.15) is 0 Å². The fourth-order valence-electron chi connectivity index (χ4n) is 7.21. The number of carbonyl (C=O) groups is 1. The summed E-state index contributed by atoms with van der Waals surface area (Å²) in [6, 6.07) is -0.716. The fraction of sp³-hybridized carbons (Fsp3) is 0.932. The van der Waals surface area contributed by atoms with Crippen molar-refractivity contribution >= 4 is 5.91 Å². The van der Waals surface area contributed by atoms with Gasteiger partial charge in [0, 0.05) is 6.42 Å². The number of nitrogens with one attached hydrogen (secondary N) is 1. The number of ether oxygens (including phenoxy) is 2. The molecule has 9 nitrogen and oxygen atoms in total. The molecule has 314 valence electrons. The minimum Gasteiger partial charge on any atom is -0.394 e. The first-order valence-corrected chi connectivity index (χ1v) is 22.4. The highest BCUT2D eigenvalue weighted by atomic mass is 16.7. The van der Waals surface area contributed by atoms with Crippen LogP contribution in [0.15, 0.2) is 12.2 Å². The summed E-state index contributed by atoms with van der Waals surface area (Å²) in [6.07, 6.45) is 32.1. The number of allylic oxidation sites excluding steroid dienone is 2. The van der Waals surface area contributed by atoms with Crippen LogP contribution in [-0.4, -0.2) is 87.5 Å². The zero-order valence-corrected chi connectivity index (χ0v) is 34.3. The van der Waals surface area contributed by atoms with Gasteiger partial charge in [-0.05, 0) is 38.5 Å². The van der Waals surface area contributed by atoms with Crippen LogP contribution in [0.5, 0.6) is 0 Å². The van der Waals surface area contributed by atoms with Crippen LogP contribution in [0.1, 0.15) is 206 Å². The van der Waals surface area contributed by atoms with Gasteiger partial charge in [0.1, 0.15) is 24.4 Å². The Morgan fingerprint density at radius 3 is 1.53 bits per heavy atom. The molecular weight excluding hydrogens is 670 g/mol. The van der Waals surface area contributed by atoms with Gasteiger partial charge in [0.05, 0.1) is 25.4 Å². The summed E-state index contributed by atoms with van der Waals surface area (Å²) >= 11 is 0. The van der Waals surface area contributed by atoms with Crippen LogP contribution in [0.4, 0.5) is 0 Å². The third-order valence-electron chi connectivity index (χ3n) is 10.9. The molecule has 6 N–H and O–H groups in total. The molecule has 1 saturated heterocycles. The molecule has 0 aliphatic carbocycles. The van der Waals surface area contributed by atoms with Crippen molar-refractivity contribution in [3.8, 4) is 0 Å². The summed E-state index contributed by atoms with van der Waals surface area (Å²) in [4.78, 5) is 12.9. The average molecular weight is 756 g/mol. The molecule has 0 aromatic carbocycles. The molecule has 1 aliphatic rings. The van der Waals surface area contributed by atoms with Crippen LogP contribution in [0.3, 0.4) is 0 Å². The van der Waals surface area contributed by atoms with Crippen molar-refractivity contribution in [2.24, 2.45) is 0 Å². The number of carbonyl (C=O) groups excluding carboxylic acids is 1. The van der Waals surface area contributed by atoms with Crippen molar-refractivity contribution < 1.29 is 39.8 Å². The molecule has 1 aliphatic heterocycles. The quantitative estimate of drug-likeness (QED) is 0.0272. The first-order valence-electron chi connectivity index (χ1n) is 22.4. The van der Waals surface area contributed by atoms with Crippen molar-refractivity contribution in [1.29, 1.82) is 0 Å². The van der Waals surface area contributed by atoms with Gasteiger partial charge in [-0.25, -0.2) is 0 Å². The Hall–Kier alpha value is -1.07. The molecule has 7 atom stereocenters. The Morgan fingerprint density at radius 2 is 1.06 bits per heavy atom. The topological polar surface area (TPSA) is 149 Å². The highest BCUT2D eigenvalue weighted by Gasteiger charge is 2.44. The fourth-order valence-corrected chi connectivity index (χ4v) is 7.21. The zero-order valence-electron chi connectivity index (χ0n) is 34.3. The number of hydrogen-bond donors (Lipinski definition) is 6. The molecule has 0 radical (unpaired) electrons. The minimum absolute atomic E-state index is 0.137. The molecule has 0 aromatic heterocycles. The third kappa shape index (κ3) is 26.4. The van der Waals surface area contributed by atoms with Gasteiger partial charge in [0.25, 0.3) is 0 Å². The first kappa shape index (κ1) is 49.9. The molecule has 1 amide bonds. The van der Waals surface area contributed by atoms with E-state index in [0.29, 0.717) is 12.8 Å².